The maximum atomic E-state index is 2.24. The van der Waals surface area contributed by atoms with Gasteiger partial charge in [0, 0.05) is 12.6 Å². The average molecular weight is 302 g/mol. The molecule has 1 aliphatic rings. The molecular formula is C11H15IN2. The lowest BCUT2D eigenvalue weighted by molar-refractivity contribution is -0.863. The van der Waals surface area contributed by atoms with Gasteiger partial charge in [-0.3, -0.25) is 4.90 Å². The van der Waals surface area contributed by atoms with Gasteiger partial charge in [0.15, 0.2) is 6.17 Å². The van der Waals surface area contributed by atoms with E-state index in [-0.39, 0.29) is 24.0 Å². The quantitative estimate of drug-likeness (QED) is 0.570. The van der Waals surface area contributed by atoms with E-state index in [0.717, 1.165) is 0 Å². The molecule has 2 rings (SSSR count). The van der Waals surface area contributed by atoms with Gasteiger partial charge in [-0.1, -0.05) is 30.3 Å². The predicted molar refractivity (Wildman–Crippen MR) is 53.0 cm³/mol. The van der Waals surface area contributed by atoms with E-state index >= 15 is 0 Å². The molecule has 0 bridgehead atoms. The number of rotatable bonds is 1. The van der Waals surface area contributed by atoms with E-state index in [1.54, 1.807) is 0 Å². The molecule has 2 unspecified atom stereocenters. The normalized spacial score (nSPS) is 24.9. The van der Waals surface area contributed by atoms with Crippen LogP contribution in [0, 0.1) is 0 Å². The lowest BCUT2D eigenvalue weighted by Crippen LogP contribution is -3.04. The molecule has 1 aromatic carbocycles. The molecule has 1 heterocycles. The first-order valence-corrected chi connectivity index (χ1v) is 4.57. The van der Waals surface area contributed by atoms with Crippen LogP contribution in [0.2, 0.25) is 0 Å². The Morgan fingerprint density at radius 3 is 2.36 bits per heavy atom. The zero-order chi connectivity index (χ0) is 9.26. The lowest BCUT2D eigenvalue weighted by atomic mass is 10.1. The third-order valence-corrected chi connectivity index (χ3v) is 2.53. The summed E-state index contributed by atoms with van der Waals surface area (Å²) in [5.41, 5.74) is 1.37. The number of nitrogens with one attached hydrogen (secondary N) is 1. The van der Waals surface area contributed by atoms with Crippen molar-refractivity contribution in [2.24, 2.45) is 0 Å². The molecule has 0 saturated carbocycles. The molecule has 0 aromatic heterocycles. The molecule has 3 heteroatoms. The van der Waals surface area contributed by atoms with Gasteiger partial charge in [0.2, 0.25) is 0 Å². The van der Waals surface area contributed by atoms with E-state index in [0.29, 0.717) is 6.17 Å². The first-order chi connectivity index (χ1) is 6.29. The summed E-state index contributed by atoms with van der Waals surface area (Å²) in [7, 11) is 4.29. The number of hydrogen-bond donors (Lipinski definition) is 1. The van der Waals surface area contributed by atoms with Crippen LogP contribution in [-0.4, -0.2) is 19.0 Å². The second-order valence-corrected chi connectivity index (χ2v) is 3.54. The second-order valence-electron chi connectivity index (χ2n) is 3.54. The van der Waals surface area contributed by atoms with Crippen LogP contribution in [0.3, 0.4) is 0 Å². The van der Waals surface area contributed by atoms with Gasteiger partial charge in [0.25, 0.3) is 0 Å². The highest BCUT2D eigenvalue weighted by molar-refractivity contribution is 5.18. The Balaban J connectivity index is 0.000000980. The van der Waals surface area contributed by atoms with E-state index in [1.807, 2.05) is 0 Å². The summed E-state index contributed by atoms with van der Waals surface area (Å²) in [5.74, 6) is 0. The van der Waals surface area contributed by atoms with Crippen LogP contribution in [-0.2, 0) is 0 Å². The monoisotopic (exact) mass is 302 g/mol. The number of quaternary nitrogens is 1. The van der Waals surface area contributed by atoms with Crippen molar-refractivity contribution in [1.29, 1.82) is 0 Å². The third kappa shape index (κ3) is 2.09. The fraction of sp³-hybridized carbons (Fsp3) is 0.273. The fourth-order valence-electron chi connectivity index (χ4n) is 1.87. The highest BCUT2D eigenvalue weighted by Crippen LogP contribution is 2.15. The summed E-state index contributed by atoms with van der Waals surface area (Å²) in [6.45, 7) is 0. The van der Waals surface area contributed by atoms with E-state index < -0.39 is 0 Å². The van der Waals surface area contributed by atoms with Gasteiger partial charge in [0.1, 0.15) is 6.20 Å². The van der Waals surface area contributed by atoms with Gasteiger partial charge in [-0.05, 0) is 0 Å². The highest BCUT2D eigenvalue weighted by Gasteiger charge is 2.26. The molecular weight excluding hydrogens is 287 g/mol. The van der Waals surface area contributed by atoms with E-state index in [4.69, 9.17) is 0 Å². The van der Waals surface area contributed by atoms with E-state index in [9.17, 15) is 0 Å². The first kappa shape index (κ1) is 11.5. The molecule has 76 valence electrons. The number of benzene rings is 1. The molecule has 2 atom stereocenters. The Hall–Kier alpha value is -0.550. The van der Waals surface area contributed by atoms with Crippen molar-refractivity contribution in [1.82, 2.24) is 4.90 Å². The third-order valence-electron chi connectivity index (χ3n) is 2.53. The zero-order valence-electron chi connectivity index (χ0n) is 8.44. The van der Waals surface area contributed by atoms with Crippen molar-refractivity contribution < 1.29 is 28.9 Å². The SMILES string of the molecule is CN1C=C[NH+](C)C1c1ccccc1.[I-]. The van der Waals surface area contributed by atoms with Crippen LogP contribution in [0.5, 0.6) is 0 Å². The van der Waals surface area contributed by atoms with Crippen LogP contribution in [0.4, 0.5) is 0 Å². The van der Waals surface area contributed by atoms with Crippen molar-refractivity contribution in [2.45, 2.75) is 6.17 Å². The second kappa shape index (κ2) is 4.79. The first-order valence-electron chi connectivity index (χ1n) is 4.57. The number of hydrogen-bond acceptors (Lipinski definition) is 1. The Kier molecular flexibility index (Phi) is 3.95. The summed E-state index contributed by atoms with van der Waals surface area (Å²) in [4.78, 5) is 3.65. The van der Waals surface area contributed by atoms with E-state index in [1.165, 1.54) is 10.5 Å². The van der Waals surface area contributed by atoms with Crippen LogP contribution in [0.1, 0.15) is 11.7 Å². The zero-order valence-corrected chi connectivity index (χ0v) is 10.6. The van der Waals surface area contributed by atoms with Crippen LogP contribution in [0.15, 0.2) is 42.7 Å². The summed E-state index contributed by atoms with van der Waals surface area (Å²) in [6, 6.07) is 10.6. The molecule has 2 nitrogen and oxygen atoms in total. The molecule has 14 heavy (non-hydrogen) atoms. The molecule has 1 aromatic rings. The van der Waals surface area contributed by atoms with Gasteiger partial charge in [0.05, 0.1) is 13.2 Å². The van der Waals surface area contributed by atoms with Crippen molar-refractivity contribution in [3.8, 4) is 0 Å². The Morgan fingerprint density at radius 1 is 1.21 bits per heavy atom. The van der Waals surface area contributed by atoms with Crippen LogP contribution >= 0.6 is 0 Å². The Bertz CT molecular complexity index is 298. The molecule has 1 N–H and O–H groups in total. The van der Waals surface area contributed by atoms with E-state index in [2.05, 4.69) is 61.7 Å². The number of halogens is 1. The molecule has 0 fully saturated rings. The van der Waals surface area contributed by atoms with Crippen molar-refractivity contribution in [3.63, 3.8) is 0 Å². The Morgan fingerprint density at radius 2 is 1.86 bits per heavy atom. The fourth-order valence-corrected chi connectivity index (χ4v) is 1.87. The van der Waals surface area contributed by atoms with Crippen LogP contribution < -0.4 is 28.9 Å². The molecule has 0 aliphatic carbocycles. The molecule has 0 amide bonds. The lowest BCUT2D eigenvalue weighted by Gasteiger charge is -2.22. The highest BCUT2D eigenvalue weighted by atomic mass is 127. The maximum Gasteiger partial charge on any atom is 0.193 e. The molecule has 1 aliphatic heterocycles. The smallest absolute Gasteiger partial charge is 0.193 e. The van der Waals surface area contributed by atoms with Crippen LogP contribution in [0.25, 0.3) is 0 Å². The summed E-state index contributed by atoms with van der Waals surface area (Å²) < 4.78 is 0. The standard InChI is InChI=1S/C11H14N2.HI/c1-12-8-9-13(2)11(12)10-6-4-3-5-7-10;/h3-9,11H,1-2H3;1H. The minimum Gasteiger partial charge on any atom is -1.00 e. The average Bonchev–Trinajstić information content (AvgIpc) is 2.48. The minimum absolute atomic E-state index is 0. The van der Waals surface area contributed by atoms with Gasteiger partial charge in [-0.25, -0.2) is 0 Å². The van der Waals surface area contributed by atoms with Crippen molar-refractivity contribution >= 4 is 0 Å². The predicted octanol–water partition coefficient (Wildman–Crippen LogP) is -2.38. The molecule has 0 spiro atoms. The largest absolute Gasteiger partial charge is 1.00 e. The summed E-state index contributed by atoms with van der Waals surface area (Å²) in [6.07, 6.45) is 4.76. The van der Waals surface area contributed by atoms with Gasteiger partial charge in [-0.15, -0.1) is 0 Å². The van der Waals surface area contributed by atoms with Crippen molar-refractivity contribution in [2.75, 3.05) is 14.1 Å². The summed E-state index contributed by atoms with van der Waals surface area (Å²) in [5, 5.41) is 0. The molecule has 0 radical (unpaired) electrons. The van der Waals surface area contributed by atoms with Gasteiger partial charge >= 0.3 is 0 Å². The summed E-state index contributed by atoms with van der Waals surface area (Å²) >= 11 is 0. The molecule has 0 saturated heterocycles. The minimum atomic E-state index is 0. The van der Waals surface area contributed by atoms with Crippen molar-refractivity contribution in [3.05, 3.63) is 48.3 Å². The topological polar surface area (TPSA) is 7.68 Å². The Labute approximate surface area is 102 Å². The van der Waals surface area contributed by atoms with Gasteiger partial charge in [-0.2, -0.15) is 0 Å². The van der Waals surface area contributed by atoms with Gasteiger partial charge < -0.3 is 28.9 Å². The maximum absolute atomic E-state index is 2.24. The number of nitrogens with zero attached hydrogens (tertiary/aromatic N) is 1.